The van der Waals surface area contributed by atoms with Gasteiger partial charge in [-0.2, -0.15) is 0 Å². The van der Waals surface area contributed by atoms with E-state index in [0.717, 1.165) is 12.8 Å². The molecule has 1 heterocycles. The molecule has 0 saturated carbocycles. The first-order valence-electron chi connectivity index (χ1n) is 12.4. The summed E-state index contributed by atoms with van der Waals surface area (Å²) in [7, 11) is 0. The molecule has 2 amide bonds. The average molecular weight is 474 g/mol. The van der Waals surface area contributed by atoms with Crippen LogP contribution in [0, 0.1) is 11.8 Å². The number of carbonyl (C=O) groups excluding carboxylic acids is 2. The van der Waals surface area contributed by atoms with Crippen LogP contribution in [0.4, 0.5) is 0 Å². The van der Waals surface area contributed by atoms with E-state index in [9.17, 15) is 19.8 Å². The van der Waals surface area contributed by atoms with E-state index in [1.54, 1.807) is 9.80 Å². The number of ether oxygens (including phenoxy) is 2. The summed E-state index contributed by atoms with van der Waals surface area (Å²) >= 11 is 0. The van der Waals surface area contributed by atoms with Crippen molar-refractivity contribution in [1.82, 2.24) is 9.80 Å². The molecule has 1 fully saturated rings. The van der Waals surface area contributed by atoms with Gasteiger partial charge >= 0.3 is 0 Å². The third kappa shape index (κ3) is 11.6. The second-order valence-electron chi connectivity index (χ2n) is 9.96. The Morgan fingerprint density at radius 1 is 1.06 bits per heavy atom. The number of aliphatic hydroxyl groups excluding tert-OH is 2. The molecule has 0 aromatic carbocycles. The number of nitrogens with zero attached hydrogens (tertiary/aromatic N) is 2. The van der Waals surface area contributed by atoms with Crippen LogP contribution in [-0.2, 0) is 19.1 Å². The van der Waals surface area contributed by atoms with Crippen molar-refractivity contribution in [3.8, 4) is 0 Å². The van der Waals surface area contributed by atoms with Gasteiger partial charge in [0, 0.05) is 46.3 Å². The molecule has 4 atom stereocenters. The summed E-state index contributed by atoms with van der Waals surface area (Å²) in [5.41, 5.74) is 6.16. The molecule has 0 radical (unpaired) electrons. The lowest BCUT2D eigenvalue weighted by Crippen LogP contribution is -2.52. The summed E-state index contributed by atoms with van der Waals surface area (Å²) in [5, 5.41) is 21.1. The third-order valence-electron chi connectivity index (χ3n) is 5.90. The van der Waals surface area contributed by atoms with E-state index in [-0.39, 0.29) is 25.0 Å². The van der Waals surface area contributed by atoms with Crippen LogP contribution in [-0.4, -0.2) is 102 Å². The lowest BCUT2D eigenvalue weighted by Gasteiger charge is -2.34. The van der Waals surface area contributed by atoms with Gasteiger partial charge in [0.05, 0.1) is 12.6 Å². The van der Waals surface area contributed by atoms with Crippen molar-refractivity contribution in [2.45, 2.75) is 84.7 Å². The largest absolute Gasteiger partial charge is 0.388 e. The molecule has 9 nitrogen and oxygen atoms in total. The van der Waals surface area contributed by atoms with Gasteiger partial charge in [0.1, 0.15) is 18.3 Å². The SMILES string of the molecule is CC(=O)N1CCN(C(=O)[C@@H](N)CC(C)C)CCCCOC[C@@H](O)[C@@H](O)[C@H](OCCC(C)C)C1. The van der Waals surface area contributed by atoms with Gasteiger partial charge in [-0.05, 0) is 37.5 Å². The zero-order valence-corrected chi connectivity index (χ0v) is 21.2. The topological polar surface area (TPSA) is 126 Å². The van der Waals surface area contributed by atoms with E-state index in [0.29, 0.717) is 57.5 Å². The Balaban J connectivity index is 2.99. The van der Waals surface area contributed by atoms with Crippen molar-refractivity contribution >= 4 is 11.8 Å². The van der Waals surface area contributed by atoms with Gasteiger partial charge in [0.2, 0.25) is 11.8 Å². The lowest BCUT2D eigenvalue weighted by atomic mass is 10.0. The summed E-state index contributed by atoms with van der Waals surface area (Å²) in [6.45, 7) is 11.8. The Kier molecular flexibility index (Phi) is 14.1. The molecule has 194 valence electrons. The zero-order chi connectivity index (χ0) is 25.0. The highest BCUT2D eigenvalue weighted by atomic mass is 16.5. The molecule has 0 aliphatic carbocycles. The molecule has 1 aliphatic rings. The Morgan fingerprint density at radius 2 is 1.73 bits per heavy atom. The van der Waals surface area contributed by atoms with Gasteiger partial charge < -0.3 is 35.2 Å². The molecule has 0 unspecified atom stereocenters. The fourth-order valence-electron chi connectivity index (χ4n) is 3.78. The Morgan fingerprint density at radius 3 is 2.33 bits per heavy atom. The minimum absolute atomic E-state index is 0.0206. The molecule has 0 aromatic heterocycles. The molecular weight excluding hydrogens is 426 g/mol. The Hall–Kier alpha value is -1.26. The molecule has 1 aliphatic heterocycles. The third-order valence-corrected chi connectivity index (χ3v) is 5.90. The van der Waals surface area contributed by atoms with Crippen LogP contribution in [0.3, 0.4) is 0 Å². The summed E-state index contributed by atoms with van der Waals surface area (Å²) < 4.78 is 11.5. The minimum Gasteiger partial charge on any atom is -0.388 e. The number of carbonyl (C=O) groups is 2. The minimum atomic E-state index is -1.20. The van der Waals surface area contributed by atoms with Crippen LogP contribution in [0.5, 0.6) is 0 Å². The number of rotatable bonds is 7. The molecular formula is C24H47N3O6. The van der Waals surface area contributed by atoms with Crippen molar-refractivity contribution < 1.29 is 29.3 Å². The number of hydrogen-bond acceptors (Lipinski definition) is 7. The van der Waals surface area contributed by atoms with Crippen LogP contribution >= 0.6 is 0 Å². The van der Waals surface area contributed by atoms with E-state index < -0.39 is 24.4 Å². The van der Waals surface area contributed by atoms with Crippen molar-refractivity contribution in [3.63, 3.8) is 0 Å². The van der Waals surface area contributed by atoms with Crippen molar-refractivity contribution in [1.29, 1.82) is 0 Å². The van der Waals surface area contributed by atoms with Gasteiger partial charge in [-0.25, -0.2) is 0 Å². The van der Waals surface area contributed by atoms with E-state index in [2.05, 4.69) is 13.8 Å². The number of hydrogen-bond donors (Lipinski definition) is 3. The predicted molar refractivity (Wildman–Crippen MR) is 128 cm³/mol. The van der Waals surface area contributed by atoms with E-state index >= 15 is 0 Å². The molecule has 1 saturated heterocycles. The molecule has 0 aromatic rings. The fourth-order valence-corrected chi connectivity index (χ4v) is 3.78. The van der Waals surface area contributed by atoms with Crippen LogP contribution in [0.15, 0.2) is 0 Å². The van der Waals surface area contributed by atoms with Gasteiger partial charge in [-0.3, -0.25) is 9.59 Å². The predicted octanol–water partition coefficient (Wildman–Crippen LogP) is 1.00. The van der Waals surface area contributed by atoms with Crippen molar-refractivity contribution in [2.75, 3.05) is 46.0 Å². The molecule has 0 bridgehead atoms. The van der Waals surface area contributed by atoms with Crippen molar-refractivity contribution in [2.24, 2.45) is 17.6 Å². The van der Waals surface area contributed by atoms with Gasteiger partial charge in [0.15, 0.2) is 0 Å². The fraction of sp³-hybridized carbons (Fsp3) is 0.917. The first kappa shape index (κ1) is 29.8. The highest BCUT2D eigenvalue weighted by molar-refractivity contribution is 5.81. The van der Waals surface area contributed by atoms with Crippen LogP contribution in [0.1, 0.15) is 60.3 Å². The number of aliphatic hydroxyl groups is 2. The van der Waals surface area contributed by atoms with Gasteiger partial charge in [0.25, 0.3) is 0 Å². The Labute approximate surface area is 199 Å². The maximum Gasteiger partial charge on any atom is 0.239 e. The summed E-state index contributed by atoms with van der Waals surface area (Å²) in [6.07, 6.45) is -0.244. The standard InChI is InChI=1S/C24H47N3O6/c1-17(2)8-13-33-22-15-27(19(5)28)11-10-26(24(31)20(25)14-18(3)4)9-6-7-12-32-16-21(29)23(22)30/h17-18,20-23,29-30H,6-16,25H2,1-5H3/t20-,21+,22+,23+/m0/s1. The summed E-state index contributed by atoms with van der Waals surface area (Å²) in [5.74, 6) is 0.437. The summed E-state index contributed by atoms with van der Waals surface area (Å²) in [4.78, 5) is 28.7. The van der Waals surface area contributed by atoms with Crippen LogP contribution in [0.25, 0.3) is 0 Å². The molecule has 33 heavy (non-hydrogen) atoms. The number of nitrogens with two attached hydrogens (primary N) is 1. The van der Waals surface area contributed by atoms with E-state index in [1.807, 2.05) is 13.8 Å². The second-order valence-corrected chi connectivity index (χ2v) is 9.96. The maximum atomic E-state index is 13.0. The lowest BCUT2D eigenvalue weighted by molar-refractivity contribution is -0.142. The first-order valence-corrected chi connectivity index (χ1v) is 12.4. The maximum absolute atomic E-state index is 13.0. The molecule has 4 N–H and O–H groups in total. The molecule has 1 rings (SSSR count). The highest BCUT2D eigenvalue weighted by Gasteiger charge is 2.31. The summed E-state index contributed by atoms with van der Waals surface area (Å²) in [6, 6.07) is -0.574. The monoisotopic (exact) mass is 473 g/mol. The highest BCUT2D eigenvalue weighted by Crippen LogP contribution is 2.13. The molecule has 0 spiro atoms. The quantitative estimate of drug-likeness (QED) is 0.504. The zero-order valence-electron chi connectivity index (χ0n) is 21.2. The van der Waals surface area contributed by atoms with Crippen LogP contribution in [0.2, 0.25) is 0 Å². The van der Waals surface area contributed by atoms with Crippen LogP contribution < -0.4 is 5.73 Å². The van der Waals surface area contributed by atoms with Gasteiger partial charge in [-0.1, -0.05) is 27.7 Å². The average Bonchev–Trinajstić information content (AvgIpc) is 2.73. The second kappa shape index (κ2) is 15.6. The number of amides is 2. The normalized spacial score (nSPS) is 25.2. The van der Waals surface area contributed by atoms with Gasteiger partial charge in [-0.15, -0.1) is 0 Å². The Bertz CT molecular complexity index is 574. The smallest absolute Gasteiger partial charge is 0.239 e. The van der Waals surface area contributed by atoms with E-state index in [1.165, 1.54) is 6.92 Å². The van der Waals surface area contributed by atoms with E-state index in [4.69, 9.17) is 15.2 Å². The first-order chi connectivity index (χ1) is 15.5. The molecule has 9 heteroatoms. The van der Waals surface area contributed by atoms with Crippen molar-refractivity contribution in [3.05, 3.63) is 0 Å².